The lowest BCUT2D eigenvalue weighted by molar-refractivity contribution is 0.167. The fourth-order valence-corrected chi connectivity index (χ4v) is 12.0. The summed E-state index contributed by atoms with van der Waals surface area (Å²) in [7, 11) is 0. The highest BCUT2D eigenvalue weighted by Gasteiger charge is 2.54. The molecule has 9 rings (SSSR count). The van der Waals surface area contributed by atoms with Crippen LogP contribution in [0.3, 0.4) is 0 Å². The lowest BCUT2D eigenvalue weighted by atomic mass is 9.76. The molecule has 0 aromatic heterocycles. The first-order valence-electron chi connectivity index (χ1n) is 19.6. The van der Waals surface area contributed by atoms with Crippen molar-refractivity contribution in [2.75, 3.05) is 0 Å². The average molecular weight is 645 g/mol. The molecule has 8 nitrogen and oxygen atoms in total. The fraction of sp³-hybridized carbons (Fsp3) is 1.00. The molecule has 5 saturated heterocycles. The van der Waals surface area contributed by atoms with Gasteiger partial charge in [-0.25, -0.2) is 0 Å². The summed E-state index contributed by atoms with van der Waals surface area (Å²) in [6.07, 6.45) is 25.6. The highest BCUT2D eigenvalue weighted by Crippen LogP contribution is 2.45. The minimum Gasteiger partial charge on any atom is -0.286 e. The number of alkyl halides is 1. The zero-order valence-electron chi connectivity index (χ0n) is 28.4. The average Bonchev–Trinajstić information content (AvgIpc) is 3.76. The Kier molecular flexibility index (Phi) is 9.55. The van der Waals surface area contributed by atoms with E-state index in [1.807, 2.05) is 20.8 Å². The highest BCUT2D eigenvalue weighted by molar-refractivity contribution is 6.23. The molecule has 0 aromatic carbocycles. The summed E-state index contributed by atoms with van der Waals surface area (Å²) in [5.41, 5.74) is 0. The number of hydrogen-bond acceptors (Lipinski definition) is 8. The van der Waals surface area contributed by atoms with Crippen LogP contribution in [0.2, 0.25) is 0 Å². The Hall–Kier alpha value is -0.0300. The van der Waals surface area contributed by atoms with Gasteiger partial charge in [0.1, 0.15) is 0 Å². The molecule has 8 bridgehead atoms. The van der Waals surface area contributed by atoms with E-state index < -0.39 is 0 Å². The van der Waals surface area contributed by atoms with Gasteiger partial charge in [-0.15, -0.1) is 11.6 Å². The third-order valence-corrected chi connectivity index (χ3v) is 13.8. The number of hydrogen-bond donors (Lipinski definition) is 8. The maximum Gasteiger partial charge on any atom is 0.0628 e. The van der Waals surface area contributed by atoms with Crippen LogP contribution in [0.1, 0.15) is 124 Å². The second-order valence-corrected chi connectivity index (χ2v) is 18.8. The van der Waals surface area contributed by atoms with Crippen molar-refractivity contribution >= 4 is 11.6 Å². The SMILES string of the molecule is C1CCC2C3NC(NC4NC(NC5NC(NC6NC(N3)C3CCCCC63)C3CCCCC53)C3CCCCC43)C2C1.CC(C)(C)Cl. The second kappa shape index (κ2) is 13.4. The minimum atomic E-state index is -0.0278. The van der Waals surface area contributed by atoms with Crippen molar-refractivity contribution in [3.63, 3.8) is 0 Å². The molecule has 0 amide bonds. The highest BCUT2D eigenvalue weighted by atomic mass is 35.5. The van der Waals surface area contributed by atoms with Crippen molar-refractivity contribution < 1.29 is 0 Å². The smallest absolute Gasteiger partial charge is 0.0628 e. The Bertz CT molecular complexity index is 794. The lowest BCUT2D eigenvalue weighted by Crippen LogP contribution is -2.61. The van der Waals surface area contributed by atoms with Gasteiger partial charge in [0.15, 0.2) is 0 Å². The largest absolute Gasteiger partial charge is 0.286 e. The fourth-order valence-electron chi connectivity index (χ4n) is 12.0. The van der Waals surface area contributed by atoms with Gasteiger partial charge in [0.25, 0.3) is 0 Å². The van der Waals surface area contributed by atoms with Crippen LogP contribution in [0.5, 0.6) is 0 Å². The monoisotopic (exact) mass is 645 g/mol. The van der Waals surface area contributed by atoms with Crippen molar-refractivity contribution in [1.82, 2.24) is 42.5 Å². The van der Waals surface area contributed by atoms with Crippen LogP contribution in [0.25, 0.3) is 0 Å². The summed E-state index contributed by atoms with van der Waals surface area (Å²) in [4.78, 5) is -0.0278. The molecule has 9 heteroatoms. The van der Waals surface area contributed by atoms with Crippen molar-refractivity contribution in [2.45, 2.75) is 178 Å². The minimum absolute atomic E-state index is 0.0278. The van der Waals surface area contributed by atoms with Gasteiger partial charge < -0.3 is 0 Å². The Balaban J connectivity index is 0.000000560. The van der Waals surface area contributed by atoms with Gasteiger partial charge in [-0.05, 0) is 119 Å². The van der Waals surface area contributed by atoms with Gasteiger partial charge in [-0.1, -0.05) is 51.4 Å². The summed E-state index contributed by atoms with van der Waals surface area (Å²) in [5.74, 6) is 5.97. The van der Waals surface area contributed by atoms with Gasteiger partial charge >= 0.3 is 0 Å². The molecule has 9 aliphatic rings. The Morgan fingerprint density at radius 1 is 0.311 bits per heavy atom. The molecular formula is C36H65ClN8. The molecule has 45 heavy (non-hydrogen) atoms. The van der Waals surface area contributed by atoms with E-state index in [0.717, 1.165) is 47.3 Å². The van der Waals surface area contributed by atoms with Gasteiger partial charge in [0, 0.05) is 4.87 Å². The molecule has 8 unspecified atom stereocenters. The molecule has 0 radical (unpaired) electrons. The number of rotatable bonds is 0. The molecule has 0 spiro atoms. The van der Waals surface area contributed by atoms with Crippen molar-refractivity contribution in [3.8, 4) is 0 Å². The van der Waals surface area contributed by atoms with Gasteiger partial charge in [-0.2, -0.15) is 0 Å². The predicted octanol–water partition coefficient (Wildman–Crippen LogP) is 4.63. The molecule has 4 aliphatic carbocycles. The summed E-state index contributed by atoms with van der Waals surface area (Å²) in [6, 6.07) is 0. The first-order valence-corrected chi connectivity index (χ1v) is 20.0. The predicted molar refractivity (Wildman–Crippen MR) is 183 cm³/mol. The Labute approximate surface area is 278 Å². The second-order valence-electron chi connectivity index (χ2n) is 17.7. The molecule has 5 heterocycles. The van der Waals surface area contributed by atoms with Gasteiger partial charge in [0.05, 0.1) is 49.3 Å². The van der Waals surface area contributed by atoms with E-state index in [0.29, 0.717) is 49.3 Å². The molecular weight excluding hydrogens is 580 g/mol. The zero-order chi connectivity index (χ0) is 30.7. The van der Waals surface area contributed by atoms with Crippen LogP contribution in [-0.2, 0) is 0 Å². The third kappa shape index (κ3) is 6.64. The van der Waals surface area contributed by atoms with E-state index in [9.17, 15) is 0 Å². The van der Waals surface area contributed by atoms with E-state index in [-0.39, 0.29) is 4.87 Å². The van der Waals surface area contributed by atoms with E-state index in [1.54, 1.807) is 0 Å². The summed E-state index contributed by atoms with van der Waals surface area (Å²) in [5, 5.41) is 33.8. The van der Waals surface area contributed by atoms with Crippen LogP contribution in [0.4, 0.5) is 0 Å². The molecule has 8 atom stereocenters. The Morgan fingerprint density at radius 2 is 0.422 bits per heavy atom. The van der Waals surface area contributed by atoms with Crippen molar-refractivity contribution in [3.05, 3.63) is 0 Å². The van der Waals surface area contributed by atoms with Gasteiger partial charge in [-0.3, -0.25) is 42.5 Å². The summed E-state index contributed by atoms with van der Waals surface area (Å²) in [6.45, 7) is 5.86. The van der Waals surface area contributed by atoms with Crippen LogP contribution in [-0.4, -0.2) is 54.2 Å². The number of fused-ring (bicyclic) bond motifs is 20. The number of nitrogens with one attached hydrogen (secondary N) is 8. The summed E-state index contributed by atoms with van der Waals surface area (Å²) >= 11 is 5.53. The van der Waals surface area contributed by atoms with Gasteiger partial charge in [0.2, 0.25) is 0 Å². The third-order valence-electron chi connectivity index (χ3n) is 13.8. The van der Waals surface area contributed by atoms with Crippen LogP contribution in [0, 0.1) is 47.3 Å². The maximum atomic E-state index is 5.53. The zero-order valence-corrected chi connectivity index (χ0v) is 29.2. The maximum absolute atomic E-state index is 5.53. The van der Waals surface area contributed by atoms with Crippen LogP contribution >= 0.6 is 11.6 Å². The molecule has 5 aliphatic heterocycles. The van der Waals surface area contributed by atoms with Crippen molar-refractivity contribution in [2.24, 2.45) is 47.3 Å². The normalized spacial score (nSPS) is 52.5. The topological polar surface area (TPSA) is 96.2 Å². The standard InChI is InChI=1S/C32H56N8.C4H9Cl/c1-2-10-18-17(9-1)25-33-26(18)38-28-21-13-5-6-14-22(21)30(35-28)40-32-24-16-8-7-15-23(24)31(36-32)39-29-20-12-4-3-11-19(20)27(34-29)37-25;1-4(2,3)5/h17-40H,1-16H2;1-3H3. The molecule has 8 N–H and O–H groups in total. The number of halogens is 1. The van der Waals surface area contributed by atoms with E-state index >= 15 is 0 Å². The Morgan fingerprint density at radius 3 is 0.533 bits per heavy atom. The first kappa shape index (κ1) is 32.2. The van der Waals surface area contributed by atoms with E-state index in [2.05, 4.69) is 42.5 Å². The van der Waals surface area contributed by atoms with Crippen LogP contribution < -0.4 is 42.5 Å². The van der Waals surface area contributed by atoms with Crippen molar-refractivity contribution in [1.29, 1.82) is 0 Å². The van der Waals surface area contributed by atoms with Crippen LogP contribution in [0.15, 0.2) is 0 Å². The molecule has 0 aromatic rings. The molecule has 256 valence electrons. The molecule has 9 fully saturated rings. The summed E-state index contributed by atoms with van der Waals surface area (Å²) < 4.78 is 0. The first-order chi connectivity index (χ1) is 21.8. The molecule has 4 saturated carbocycles. The quantitative estimate of drug-likeness (QED) is 0.181. The van der Waals surface area contributed by atoms with E-state index in [4.69, 9.17) is 11.6 Å². The van der Waals surface area contributed by atoms with E-state index in [1.165, 1.54) is 103 Å². The lowest BCUT2D eigenvalue weighted by Gasteiger charge is -2.35.